The zero-order valence-electron chi connectivity index (χ0n) is 5.52. The Bertz CT molecular complexity index is 66.9. The van der Waals surface area contributed by atoms with Crippen molar-refractivity contribution >= 4 is 0 Å². The minimum absolute atomic E-state index is 0.686. The molecule has 0 amide bonds. The van der Waals surface area contributed by atoms with Crippen molar-refractivity contribution in [3.8, 4) is 0 Å². The quantitative estimate of drug-likeness (QED) is 0.565. The summed E-state index contributed by atoms with van der Waals surface area (Å²) in [6.45, 7) is 5.29. The van der Waals surface area contributed by atoms with Crippen LogP contribution in [0.5, 0.6) is 0 Å². The molecule has 0 saturated heterocycles. The van der Waals surface area contributed by atoms with Gasteiger partial charge in [0.05, 0.1) is 0 Å². The number of rotatable bonds is 3. The molecule has 0 aliphatic rings. The first-order valence-corrected chi connectivity index (χ1v) is 2.87. The summed E-state index contributed by atoms with van der Waals surface area (Å²) >= 11 is 0. The first-order valence-electron chi connectivity index (χ1n) is 2.87. The van der Waals surface area contributed by atoms with Crippen LogP contribution < -0.4 is 11.1 Å². The Hall–Kier alpha value is -0.660. The van der Waals surface area contributed by atoms with Crippen molar-refractivity contribution in [3.05, 3.63) is 12.4 Å². The fourth-order valence-electron chi connectivity index (χ4n) is 0.372. The lowest BCUT2D eigenvalue weighted by Gasteiger charge is -2.01. The minimum Gasteiger partial charge on any atom is -0.403 e. The van der Waals surface area contributed by atoms with Gasteiger partial charge in [0, 0.05) is 18.9 Å². The van der Waals surface area contributed by atoms with Crippen LogP contribution in [0.1, 0.15) is 13.8 Å². The molecule has 3 N–H and O–H groups in total. The first kappa shape index (κ1) is 7.34. The Labute approximate surface area is 50.8 Å². The number of nitrogens with two attached hydrogens (primary N) is 1. The largest absolute Gasteiger partial charge is 0.403 e. The van der Waals surface area contributed by atoms with Crippen LogP contribution in [0.3, 0.4) is 0 Å². The van der Waals surface area contributed by atoms with Gasteiger partial charge in [-0.05, 0) is 5.92 Å². The molecule has 0 aromatic carbocycles. The van der Waals surface area contributed by atoms with Crippen LogP contribution in [0.25, 0.3) is 0 Å². The van der Waals surface area contributed by atoms with E-state index in [2.05, 4.69) is 19.2 Å². The predicted molar refractivity (Wildman–Crippen MR) is 36.2 cm³/mol. The molecule has 2 nitrogen and oxygen atoms in total. The van der Waals surface area contributed by atoms with Crippen LogP contribution >= 0.6 is 0 Å². The molecule has 0 heterocycles. The SMILES string of the molecule is CC(C)CN/C=C\N. The number of hydrogen-bond donors (Lipinski definition) is 2. The lowest BCUT2D eigenvalue weighted by atomic mass is 10.2. The second-order valence-electron chi connectivity index (χ2n) is 2.16. The van der Waals surface area contributed by atoms with Gasteiger partial charge in [0.2, 0.25) is 0 Å². The maximum atomic E-state index is 5.07. The van der Waals surface area contributed by atoms with Crippen molar-refractivity contribution < 1.29 is 0 Å². The van der Waals surface area contributed by atoms with E-state index >= 15 is 0 Å². The maximum absolute atomic E-state index is 5.07. The second-order valence-corrected chi connectivity index (χ2v) is 2.16. The monoisotopic (exact) mass is 114 g/mol. The average molecular weight is 114 g/mol. The van der Waals surface area contributed by atoms with E-state index in [9.17, 15) is 0 Å². The summed E-state index contributed by atoms with van der Waals surface area (Å²) in [7, 11) is 0. The van der Waals surface area contributed by atoms with E-state index in [1.54, 1.807) is 6.20 Å². The topological polar surface area (TPSA) is 38.0 Å². The van der Waals surface area contributed by atoms with E-state index in [0.29, 0.717) is 5.92 Å². The maximum Gasteiger partial charge on any atom is 0.0165 e. The molecule has 0 aromatic rings. The average Bonchev–Trinajstić information content (AvgIpc) is 1.66. The Balaban J connectivity index is 2.93. The van der Waals surface area contributed by atoms with Crippen LogP contribution in [0.2, 0.25) is 0 Å². The Kier molecular flexibility index (Phi) is 4.13. The first-order chi connectivity index (χ1) is 3.77. The Morgan fingerprint density at radius 3 is 2.62 bits per heavy atom. The summed E-state index contributed by atoms with van der Waals surface area (Å²) in [4.78, 5) is 0. The molecule has 0 aliphatic carbocycles. The van der Waals surface area contributed by atoms with Gasteiger partial charge in [0.1, 0.15) is 0 Å². The lowest BCUT2D eigenvalue weighted by Crippen LogP contribution is -2.12. The van der Waals surface area contributed by atoms with Crippen molar-refractivity contribution in [3.63, 3.8) is 0 Å². The predicted octanol–water partition coefficient (Wildman–Crippen LogP) is 0.662. The molecule has 0 radical (unpaired) electrons. The van der Waals surface area contributed by atoms with Gasteiger partial charge in [-0.2, -0.15) is 0 Å². The van der Waals surface area contributed by atoms with E-state index in [0.717, 1.165) is 6.54 Å². The summed E-state index contributed by atoms with van der Waals surface area (Å²) < 4.78 is 0. The molecular formula is C6H14N2. The molecule has 48 valence electrons. The molecule has 0 bridgehead atoms. The van der Waals surface area contributed by atoms with Gasteiger partial charge in [0.15, 0.2) is 0 Å². The van der Waals surface area contributed by atoms with Gasteiger partial charge in [0.25, 0.3) is 0 Å². The minimum atomic E-state index is 0.686. The van der Waals surface area contributed by atoms with Crippen molar-refractivity contribution in [2.45, 2.75) is 13.8 Å². The second kappa shape index (κ2) is 4.50. The standard InChI is InChI=1S/C6H14N2/c1-6(2)5-8-4-3-7/h3-4,6,8H,5,7H2,1-2H3/b4-3-. The zero-order chi connectivity index (χ0) is 6.41. The molecule has 0 saturated carbocycles. The van der Waals surface area contributed by atoms with E-state index in [1.165, 1.54) is 6.20 Å². The van der Waals surface area contributed by atoms with Crippen molar-refractivity contribution in [2.75, 3.05) is 6.54 Å². The van der Waals surface area contributed by atoms with Crippen LogP contribution in [0.15, 0.2) is 12.4 Å². The van der Waals surface area contributed by atoms with Crippen LogP contribution in [-0.4, -0.2) is 6.54 Å². The van der Waals surface area contributed by atoms with Crippen LogP contribution in [0.4, 0.5) is 0 Å². The van der Waals surface area contributed by atoms with E-state index in [1.807, 2.05) is 0 Å². The Morgan fingerprint density at radius 2 is 2.25 bits per heavy atom. The highest BCUT2D eigenvalue weighted by atomic mass is 14.8. The highest BCUT2D eigenvalue weighted by Crippen LogP contribution is 1.85. The highest BCUT2D eigenvalue weighted by Gasteiger charge is 1.85. The molecule has 0 rings (SSSR count). The third-order valence-electron chi connectivity index (χ3n) is 0.740. The van der Waals surface area contributed by atoms with Gasteiger partial charge < -0.3 is 11.1 Å². The van der Waals surface area contributed by atoms with E-state index < -0.39 is 0 Å². The molecule has 0 aliphatic heterocycles. The molecule has 0 atom stereocenters. The van der Waals surface area contributed by atoms with Gasteiger partial charge in [-0.25, -0.2) is 0 Å². The summed E-state index contributed by atoms with van der Waals surface area (Å²) in [5.74, 6) is 0.686. The van der Waals surface area contributed by atoms with Crippen molar-refractivity contribution in [1.29, 1.82) is 0 Å². The summed E-state index contributed by atoms with van der Waals surface area (Å²) in [6.07, 6.45) is 3.25. The Morgan fingerprint density at radius 1 is 1.62 bits per heavy atom. The summed E-state index contributed by atoms with van der Waals surface area (Å²) in [6, 6.07) is 0. The summed E-state index contributed by atoms with van der Waals surface area (Å²) in [5.41, 5.74) is 5.07. The molecule has 0 aromatic heterocycles. The normalized spacial score (nSPS) is 10.9. The molecule has 2 heteroatoms. The zero-order valence-corrected chi connectivity index (χ0v) is 5.52. The lowest BCUT2D eigenvalue weighted by molar-refractivity contribution is 0.611. The molecule has 0 unspecified atom stereocenters. The highest BCUT2D eigenvalue weighted by molar-refractivity contribution is 4.72. The third kappa shape index (κ3) is 5.34. The van der Waals surface area contributed by atoms with Gasteiger partial charge in [-0.1, -0.05) is 13.8 Å². The smallest absolute Gasteiger partial charge is 0.0165 e. The van der Waals surface area contributed by atoms with E-state index in [-0.39, 0.29) is 0 Å². The number of hydrogen-bond acceptors (Lipinski definition) is 2. The molecule has 0 spiro atoms. The van der Waals surface area contributed by atoms with Crippen molar-refractivity contribution in [2.24, 2.45) is 11.7 Å². The fraction of sp³-hybridized carbons (Fsp3) is 0.667. The molecule has 8 heavy (non-hydrogen) atoms. The number of nitrogens with one attached hydrogen (secondary N) is 1. The molecule has 0 fully saturated rings. The van der Waals surface area contributed by atoms with Gasteiger partial charge >= 0.3 is 0 Å². The van der Waals surface area contributed by atoms with Gasteiger partial charge in [-0.3, -0.25) is 0 Å². The summed E-state index contributed by atoms with van der Waals surface area (Å²) in [5, 5.41) is 3.03. The van der Waals surface area contributed by atoms with Gasteiger partial charge in [-0.15, -0.1) is 0 Å². The van der Waals surface area contributed by atoms with Crippen LogP contribution in [0, 0.1) is 5.92 Å². The molecular weight excluding hydrogens is 100 g/mol. The van der Waals surface area contributed by atoms with Crippen LogP contribution in [-0.2, 0) is 0 Å². The fourth-order valence-corrected chi connectivity index (χ4v) is 0.372. The van der Waals surface area contributed by atoms with Crippen molar-refractivity contribution in [1.82, 2.24) is 5.32 Å². The third-order valence-corrected chi connectivity index (χ3v) is 0.740. The van der Waals surface area contributed by atoms with E-state index in [4.69, 9.17) is 5.73 Å².